The zero-order valence-corrected chi connectivity index (χ0v) is 11.6. The molecule has 2 amide bonds. The molecule has 1 aliphatic rings. The lowest BCUT2D eigenvalue weighted by atomic mass is 9.91. The number of nitrogens with one attached hydrogen (secondary N) is 1. The zero-order valence-electron chi connectivity index (χ0n) is 11.6. The number of carbonyl (C=O) groups excluding carboxylic acids is 2. The fraction of sp³-hybridized carbons (Fsp3) is 0.467. The van der Waals surface area contributed by atoms with Crippen molar-refractivity contribution in [1.29, 1.82) is 0 Å². The van der Waals surface area contributed by atoms with Crippen molar-refractivity contribution in [3.05, 3.63) is 29.8 Å². The topological polar surface area (TPSA) is 69.6 Å². The van der Waals surface area contributed by atoms with Gasteiger partial charge >= 0.3 is 0 Å². The molecule has 1 aliphatic carbocycles. The van der Waals surface area contributed by atoms with E-state index in [1.54, 1.807) is 29.2 Å². The molecular weight excluding hydrogens is 256 g/mol. The number of anilines is 1. The normalized spacial score (nSPS) is 14.5. The van der Waals surface area contributed by atoms with Crippen LogP contribution in [0.3, 0.4) is 0 Å². The molecule has 0 atom stereocenters. The SMILES string of the molecule is CC(=O)Nc1ccc(C(=O)N(CCO)C2CCC2)cc1. The van der Waals surface area contributed by atoms with Crippen LogP contribution in [0.15, 0.2) is 24.3 Å². The maximum Gasteiger partial charge on any atom is 0.254 e. The molecular formula is C15H20N2O3. The first-order valence-electron chi connectivity index (χ1n) is 6.91. The summed E-state index contributed by atoms with van der Waals surface area (Å²) in [6.45, 7) is 1.79. The number of benzene rings is 1. The molecule has 5 heteroatoms. The highest BCUT2D eigenvalue weighted by Gasteiger charge is 2.28. The molecule has 0 saturated heterocycles. The number of aliphatic hydroxyl groups excluding tert-OH is 1. The monoisotopic (exact) mass is 276 g/mol. The maximum atomic E-state index is 12.4. The number of hydrogen-bond donors (Lipinski definition) is 2. The van der Waals surface area contributed by atoms with Crippen molar-refractivity contribution in [1.82, 2.24) is 4.90 Å². The Morgan fingerprint density at radius 2 is 1.95 bits per heavy atom. The summed E-state index contributed by atoms with van der Waals surface area (Å²) in [5.74, 6) is -0.196. The third-order valence-corrected chi connectivity index (χ3v) is 3.57. The maximum absolute atomic E-state index is 12.4. The van der Waals surface area contributed by atoms with Crippen LogP contribution >= 0.6 is 0 Å². The lowest BCUT2D eigenvalue weighted by Gasteiger charge is -2.37. The van der Waals surface area contributed by atoms with Gasteiger partial charge in [-0.05, 0) is 43.5 Å². The standard InChI is InChI=1S/C15H20N2O3/c1-11(19)16-13-7-5-12(6-8-13)15(20)17(9-10-18)14-3-2-4-14/h5-8,14,18H,2-4,9-10H2,1H3,(H,16,19). The Kier molecular flexibility index (Phi) is 4.74. The summed E-state index contributed by atoms with van der Waals surface area (Å²) >= 11 is 0. The molecule has 0 aliphatic heterocycles. The summed E-state index contributed by atoms with van der Waals surface area (Å²) in [6, 6.07) is 7.09. The molecule has 0 bridgehead atoms. The Morgan fingerprint density at radius 3 is 2.40 bits per heavy atom. The fourth-order valence-electron chi connectivity index (χ4n) is 2.32. The van der Waals surface area contributed by atoms with E-state index in [1.165, 1.54) is 6.92 Å². The van der Waals surface area contributed by atoms with Crippen molar-refractivity contribution >= 4 is 17.5 Å². The number of carbonyl (C=O) groups is 2. The van der Waals surface area contributed by atoms with Gasteiger partial charge in [-0.3, -0.25) is 9.59 Å². The van der Waals surface area contributed by atoms with Crippen LogP contribution in [0.1, 0.15) is 36.5 Å². The van der Waals surface area contributed by atoms with Crippen LogP contribution in [0.5, 0.6) is 0 Å². The average molecular weight is 276 g/mol. The molecule has 0 unspecified atom stereocenters. The predicted molar refractivity (Wildman–Crippen MR) is 76.5 cm³/mol. The molecule has 1 aromatic rings. The van der Waals surface area contributed by atoms with Gasteiger partial charge in [0.15, 0.2) is 0 Å². The van der Waals surface area contributed by atoms with Gasteiger partial charge in [0, 0.05) is 30.8 Å². The number of hydrogen-bond acceptors (Lipinski definition) is 3. The van der Waals surface area contributed by atoms with Crippen molar-refractivity contribution in [3.63, 3.8) is 0 Å². The van der Waals surface area contributed by atoms with E-state index in [2.05, 4.69) is 5.32 Å². The van der Waals surface area contributed by atoms with E-state index in [9.17, 15) is 9.59 Å². The van der Waals surface area contributed by atoms with Crippen molar-refractivity contribution in [3.8, 4) is 0 Å². The number of aliphatic hydroxyl groups is 1. The van der Waals surface area contributed by atoms with E-state index in [0.717, 1.165) is 19.3 Å². The summed E-state index contributed by atoms with van der Waals surface area (Å²) in [5, 5.41) is 11.8. The first-order chi connectivity index (χ1) is 9.61. The van der Waals surface area contributed by atoms with Gasteiger partial charge in [-0.25, -0.2) is 0 Å². The average Bonchev–Trinajstić information content (AvgIpc) is 2.35. The Morgan fingerprint density at radius 1 is 1.30 bits per heavy atom. The Bertz CT molecular complexity index is 480. The number of nitrogens with zero attached hydrogens (tertiary/aromatic N) is 1. The number of rotatable bonds is 5. The van der Waals surface area contributed by atoms with Gasteiger partial charge < -0.3 is 15.3 Å². The van der Waals surface area contributed by atoms with E-state index in [4.69, 9.17) is 5.11 Å². The summed E-state index contributed by atoms with van der Waals surface area (Å²) in [6.07, 6.45) is 3.16. The van der Waals surface area contributed by atoms with Gasteiger partial charge in [0.2, 0.25) is 5.91 Å². The van der Waals surface area contributed by atoms with Gasteiger partial charge in [-0.2, -0.15) is 0 Å². The lowest BCUT2D eigenvalue weighted by Crippen LogP contribution is -2.45. The molecule has 1 fully saturated rings. The molecule has 5 nitrogen and oxygen atoms in total. The minimum atomic E-state index is -0.138. The molecule has 2 N–H and O–H groups in total. The Hall–Kier alpha value is -1.88. The Balaban J connectivity index is 2.08. The fourth-order valence-corrected chi connectivity index (χ4v) is 2.32. The molecule has 1 saturated carbocycles. The highest BCUT2D eigenvalue weighted by Crippen LogP contribution is 2.26. The second kappa shape index (κ2) is 6.52. The minimum absolute atomic E-state index is 0.0216. The van der Waals surface area contributed by atoms with Crippen LogP contribution in [0.25, 0.3) is 0 Å². The van der Waals surface area contributed by atoms with Crippen molar-refractivity contribution in [2.24, 2.45) is 0 Å². The smallest absolute Gasteiger partial charge is 0.254 e. The molecule has 0 aromatic heterocycles. The quantitative estimate of drug-likeness (QED) is 0.858. The molecule has 2 rings (SSSR count). The summed E-state index contributed by atoms with van der Waals surface area (Å²) < 4.78 is 0. The molecule has 20 heavy (non-hydrogen) atoms. The third kappa shape index (κ3) is 3.36. The van der Waals surface area contributed by atoms with Crippen LogP contribution in [0.2, 0.25) is 0 Å². The van der Waals surface area contributed by atoms with Crippen molar-refractivity contribution < 1.29 is 14.7 Å². The zero-order chi connectivity index (χ0) is 14.5. The van der Waals surface area contributed by atoms with Gasteiger partial charge in [0.25, 0.3) is 5.91 Å². The van der Waals surface area contributed by atoms with Crippen LogP contribution in [-0.2, 0) is 4.79 Å². The Labute approximate surface area is 118 Å². The van der Waals surface area contributed by atoms with Gasteiger partial charge in [0.05, 0.1) is 6.61 Å². The largest absolute Gasteiger partial charge is 0.395 e. The first-order valence-corrected chi connectivity index (χ1v) is 6.91. The third-order valence-electron chi connectivity index (χ3n) is 3.57. The second-order valence-electron chi connectivity index (χ2n) is 5.07. The van der Waals surface area contributed by atoms with Crippen LogP contribution in [0, 0.1) is 0 Å². The van der Waals surface area contributed by atoms with E-state index in [-0.39, 0.29) is 24.5 Å². The molecule has 0 heterocycles. The van der Waals surface area contributed by atoms with Crippen molar-refractivity contribution in [2.75, 3.05) is 18.5 Å². The van der Waals surface area contributed by atoms with Crippen molar-refractivity contribution in [2.45, 2.75) is 32.2 Å². The number of amides is 2. The van der Waals surface area contributed by atoms with Gasteiger partial charge in [0.1, 0.15) is 0 Å². The van der Waals surface area contributed by atoms with E-state index in [1.807, 2.05) is 0 Å². The van der Waals surface area contributed by atoms with E-state index in [0.29, 0.717) is 17.8 Å². The molecule has 0 spiro atoms. The highest BCUT2D eigenvalue weighted by atomic mass is 16.3. The minimum Gasteiger partial charge on any atom is -0.395 e. The summed E-state index contributed by atoms with van der Waals surface area (Å²) in [7, 11) is 0. The molecule has 0 radical (unpaired) electrons. The van der Waals surface area contributed by atoms with Gasteiger partial charge in [-0.1, -0.05) is 0 Å². The highest BCUT2D eigenvalue weighted by molar-refractivity contribution is 5.95. The summed E-state index contributed by atoms with van der Waals surface area (Å²) in [5.41, 5.74) is 1.26. The van der Waals surface area contributed by atoms with Crippen LogP contribution in [-0.4, -0.2) is 41.0 Å². The predicted octanol–water partition coefficient (Wildman–Crippen LogP) is 1.63. The van der Waals surface area contributed by atoms with Crippen LogP contribution < -0.4 is 5.32 Å². The second-order valence-corrected chi connectivity index (χ2v) is 5.07. The molecule has 108 valence electrons. The first kappa shape index (κ1) is 14.5. The van der Waals surface area contributed by atoms with Crippen LogP contribution in [0.4, 0.5) is 5.69 Å². The lowest BCUT2D eigenvalue weighted by molar-refractivity contribution is -0.114. The molecule has 1 aromatic carbocycles. The van der Waals surface area contributed by atoms with Gasteiger partial charge in [-0.15, -0.1) is 0 Å². The van der Waals surface area contributed by atoms with E-state index >= 15 is 0 Å². The summed E-state index contributed by atoms with van der Waals surface area (Å²) in [4.78, 5) is 25.1. The van der Waals surface area contributed by atoms with E-state index < -0.39 is 0 Å².